The van der Waals surface area contributed by atoms with E-state index in [4.69, 9.17) is 4.98 Å². The molecule has 1 aliphatic heterocycles. The average molecular weight is 280 g/mol. The van der Waals surface area contributed by atoms with Crippen LogP contribution in [0.4, 0.5) is 5.13 Å². The fraction of sp³-hybridized carbons (Fsp3) is 0.786. The lowest BCUT2D eigenvalue weighted by molar-refractivity contribution is 0.271. The quantitative estimate of drug-likeness (QED) is 0.892. The zero-order valence-corrected chi connectivity index (χ0v) is 12.8. The first-order chi connectivity index (χ1) is 9.26. The Kier molecular flexibility index (Phi) is 4.05. The summed E-state index contributed by atoms with van der Waals surface area (Å²) in [7, 11) is 0. The van der Waals surface area contributed by atoms with Crippen LogP contribution in [0.15, 0.2) is 0 Å². The first kappa shape index (κ1) is 13.3. The Hall–Kier alpha value is -0.650. The molecule has 3 rings (SSSR count). The van der Waals surface area contributed by atoms with Crippen molar-refractivity contribution in [3.05, 3.63) is 10.6 Å². The fourth-order valence-electron chi connectivity index (χ4n) is 2.49. The molecule has 0 amide bonds. The Labute approximate surface area is 119 Å². The molecule has 0 spiro atoms. The molecule has 0 radical (unpaired) electrons. The number of hydrogen-bond donors (Lipinski definition) is 1. The van der Waals surface area contributed by atoms with Crippen LogP contribution in [-0.2, 0) is 6.54 Å². The number of nitrogens with one attached hydrogen (secondary N) is 1. The summed E-state index contributed by atoms with van der Waals surface area (Å²) < 4.78 is 0. The van der Waals surface area contributed by atoms with Gasteiger partial charge in [0.1, 0.15) is 0 Å². The minimum absolute atomic E-state index is 0.776. The molecule has 19 heavy (non-hydrogen) atoms. The van der Waals surface area contributed by atoms with Crippen LogP contribution in [0.2, 0.25) is 0 Å². The molecular weight excluding hydrogens is 256 g/mol. The van der Waals surface area contributed by atoms with Gasteiger partial charge < -0.3 is 15.1 Å². The van der Waals surface area contributed by atoms with Crippen LogP contribution in [-0.4, -0.2) is 48.6 Å². The molecule has 0 unspecified atom stereocenters. The molecule has 4 nitrogen and oxygen atoms in total. The Morgan fingerprint density at radius 1 is 1.26 bits per heavy atom. The lowest BCUT2D eigenvalue weighted by atomic mass is 10.3. The highest BCUT2D eigenvalue weighted by Gasteiger charge is 2.22. The topological polar surface area (TPSA) is 31.4 Å². The highest BCUT2D eigenvalue weighted by molar-refractivity contribution is 7.15. The third-order valence-corrected chi connectivity index (χ3v) is 5.32. The predicted molar refractivity (Wildman–Crippen MR) is 81.0 cm³/mol. The van der Waals surface area contributed by atoms with Crippen molar-refractivity contribution < 1.29 is 0 Å². The molecule has 2 heterocycles. The van der Waals surface area contributed by atoms with Gasteiger partial charge in [-0.3, -0.25) is 0 Å². The summed E-state index contributed by atoms with van der Waals surface area (Å²) in [5.74, 6) is 0. The van der Waals surface area contributed by atoms with Crippen molar-refractivity contribution in [3.63, 3.8) is 0 Å². The van der Waals surface area contributed by atoms with Gasteiger partial charge in [0.25, 0.3) is 0 Å². The van der Waals surface area contributed by atoms with Gasteiger partial charge in [-0.1, -0.05) is 6.92 Å². The molecule has 2 aliphatic rings. The first-order valence-corrected chi connectivity index (χ1v) is 8.25. The molecule has 1 saturated heterocycles. The Morgan fingerprint density at radius 2 is 2.00 bits per heavy atom. The molecular formula is C14H24N4S. The summed E-state index contributed by atoms with van der Waals surface area (Å²) in [5, 5.41) is 4.81. The number of nitrogens with zero attached hydrogens (tertiary/aromatic N) is 3. The van der Waals surface area contributed by atoms with E-state index in [1.807, 2.05) is 11.3 Å². The van der Waals surface area contributed by atoms with Gasteiger partial charge >= 0.3 is 0 Å². The van der Waals surface area contributed by atoms with E-state index in [9.17, 15) is 0 Å². The van der Waals surface area contributed by atoms with Crippen LogP contribution in [0.1, 0.15) is 30.3 Å². The van der Waals surface area contributed by atoms with Gasteiger partial charge in [0.15, 0.2) is 5.13 Å². The molecule has 1 aromatic rings. The molecule has 5 heteroatoms. The summed E-state index contributed by atoms with van der Waals surface area (Å²) in [6.45, 7) is 11.1. The molecule has 0 bridgehead atoms. The van der Waals surface area contributed by atoms with Crippen molar-refractivity contribution in [2.75, 3.05) is 37.6 Å². The molecule has 1 aliphatic carbocycles. The number of thiazole rings is 1. The zero-order valence-electron chi connectivity index (χ0n) is 12.0. The monoisotopic (exact) mass is 280 g/mol. The molecule has 1 N–H and O–H groups in total. The number of hydrogen-bond acceptors (Lipinski definition) is 5. The third-order valence-electron chi connectivity index (χ3n) is 4.10. The maximum absolute atomic E-state index is 4.77. The van der Waals surface area contributed by atoms with Crippen molar-refractivity contribution in [1.29, 1.82) is 0 Å². The maximum atomic E-state index is 4.77. The predicted octanol–water partition coefficient (Wildman–Crippen LogP) is 1.85. The number of aromatic nitrogens is 1. The summed E-state index contributed by atoms with van der Waals surface area (Å²) in [4.78, 5) is 11.1. The van der Waals surface area contributed by atoms with Crippen LogP contribution >= 0.6 is 11.3 Å². The maximum Gasteiger partial charge on any atom is 0.185 e. The van der Waals surface area contributed by atoms with Crippen molar-refractivity contribution in [2.45, 2.75) is 39.3 Å². The Bertz CT molecular complexity index is 419. The lowest BCUT2D eigenvalue weighted by Crippen LogP contribution is -2.46. The van der Waals surface area contributed by atoms with Gasteiger partial charge in [0, 0.05) is 43.6 Å². The normalized spacial score (nSPS) is 21.1. The number of likely N-dealkylation sites (N-methyl/N-ethyl adjacent to an activating group) is 1. The van der Waals surface area contributed by atoms with E-state index in [1.165, 1.54) is 48.2 Å². The van der Waals surface area contributed by atoms with Gasteiger partial charge in [0.2, 0.25) is 0 Å². The second-order valence-electron chi connectivity index (χ2n) is 5.58. The molecule has 1 saturated carbocycles. The number of aryl methyl sites for hydroxylation is 1. The minimum atomic E-state index is 0.776. The van der Waals surface area contributed by atoms with E-state index in [-0.39, 0.29) is 0 Å². The van der Waals surface area contributed by atoms with E-state index in [0.29, 0.717) is 0 Å². The number of piperazine rings is 1. The summed E-state index contributed by atoms with van der Waals surface area (Å²) in [6.07, 6.45) is 2.70. The molecule has 0 atom stereocenters. The van der Waals surface area contributed by atoms with E-state index < -0.39 is 0 Å². The van der Waals surface area contributed by atoms with Gasteiger partial charge in [0.05, 0.1) is 5.69 Å². The smallest absolute Gasteiger partial charge is 0.185 e. The van der Waals surface area contributed by atoms with Gasteiger partial charge in [-0.2, -0.15) is 0 Å². The van der Waals surface area contributed by atoms with E-state index in [2.05, 4.69) is 29.0 Å². The van der Waals surface area contributed by atoms with Crippen LogP contribution in [0.5, 0.6) is 0 Å². The van der Waals surface area contributed by atoms with Gasteiger partial charge in [-0.25, -0.2) is 4.98 Å². The molecule has 1 aromatic heterocycles. The second kappa shape index (κ2) is 5.77. The largest absolute Gasteiger partial charge is 0.346 e. The SMILES string of the molecule is CCN1CCN(c2nc(C)c(CNC3CC3)s2)CC1. The molecule has 2 fully saturated rings. The molecule has 0 aromatic carbocycles. The second-order valence-corrected chi connectivity index (χ2v) is 6.64. The lowest BCUT2D eigenvalue weighted by Gasteiger charge is -2.33. The van der Waals surface area contributed by atoms with Gasteiger partial charge in [-0.05, 0) is 26.3 Å². The van der Waals surface area contributed by atoms with E-state index >= 15 is 0 Å². The van der Waals surface area contributed by atoms with Crippen molar-refractivity contribution in [1.82, 2.24) is 15.2 Å². The van der Waals surface area contributed by atoms with Crippen LogP contribution < -0.4 is 10.2 Å². The van der Waals surface area contributed by atoms with Crippen LogP contribution in [0.3, 0.4) is 0 Å². The van der Waals surface area contributed by atoms with Crippen molar-refractivity contribution >= 4 is 16.5 Å². The Balaban J connectivity index is 1.59. The summed E-state index contributed by atoms with van der Waals surface area (Å²) in [6, 6.07) is 0.776. The average Bonchev–Trinajstić information content (AvgIpc) is 3.20. The first-order valence-electron chi connectivity index (χ1n) is 7.43. The number of anilines is 1. The van der Waals surface area contributed by atoms with E-state index in [1.54, 1.807) is 0 Å². The zero-order chi connectivity index (χ0) is 13.2. The molecule has 106 valence electrons. The van der Waals surface area contributed by atoms with Crippen molar-refractivity contribution in [2.24, 2.45) is 0 Å². The van der Waals surface area contributed by atoms with Crippen LogP contribution in [0.25, 0.3) is 0 Å². The Morgan fingerprint density at radius 3 is 2.63 bits per heavy atom. The van der Waals surface area contributed by atoms with Gasteiger partial charge in [-0.15, -0.1) is 11.3 Å². The summed E-state index contributed by atoms with van der Waals surface area (Å²) >= 11 is 1.88. The standard InChI is InChI=1S/C14H24N4S/c1-3-17-6-8-18(9-7-17)14-16-11(2)13(19-14)10-15-12-4-5-12/h12,15H,3-10H2,1-2H3. The summed E-state index contributed by atoms with van der Waals surface area (Å²) in [5.41, 5.74) is 1.21. The van der Waals surface area contributed by atoms with Crippen molar-refractivity contribution in [3.8, 4) is 0 Å². The highest BCUT2D eigenvalue weighted by Crippen LogP contribution is 2.28. The third kappa shape index (κ3) is 3.27. The fourth-order valence-corrected chi connectivity index (χ4v) is 3.56. The highest BCUT2D eigenvalue weighted by atomic mass is 32.1. The number of rotatable bonds is 5. The van der Waals surface area contributed by atoms with E-state index in [0.717, 1.165) is 25.7 Å². The minimum Gasteiger partial charge on any atom is -0.346 e. The van der Waals surface area contributed by atoms with Crippen LogP contribution in [0, 0.1) is 6.92 Å².